The van der Waals surface area contributed by atoms with Gasteiger partial charge in [0.15, 0.2) is 0 Å². The SMILES string of the molecule is Cc1cc(CN2CCC[C@H](CCNC(=O)C3(N)CC3)C2)oc1C. The van der Waals surface area contributed by atoms with E-state index in [1.54, 1.807) is 0 Å². The van der Waals surface area contributed by atoms with Crippen molar-refractivity contribution in [2.45, 2.75) is 58.0 Å². The molecular weight excluding hydrogens is 290 g/mol. The second kappa shape index (κ2) is 6.65. The van der Waals surface area contributed by atoms with E-state index >= 15 is 0 Å². The molecule has 0 spiro atoms. The number of carbonyl (C=O) groups is 1. The zero-order valence-electron chi connectivity index (χ0n) is 14.4. The summed E-state index contributed by atoms with van der Waals surface area (Å²) in [5.74, 6) is 2.76. The van der Waals surface area contributed by atoms with Gasteiger partial charge in [-0.15, -0.1) is 0 Å². The molecule has 23 heavy (non-hydrogen) atoms. The van der Waals surface area contributed by atoms with E-state index < -0.39 is 5.54 Å². The van der Waals surface area contributed by atoms with Crippen molar-refractivity contribution in [1.82, 2.24) is 10.2 Å². The van der Waals surface area contributed by atoms with Crippen LogP contribution in [-0.2, 0) is 11.3 Å². The van der Waals surface area contributed by atoms with Gasteiger partial charge in [-0.2, -0.15) is 0 Å². The smallest absolute Gasteiger partial charge is 0.240 e. The van der Waals surface area contributed by atoms with Crippen LogP contribution >= 0.6 is 0 Å². The molecule has 1 saturated carbocycles. The number of furan rings is 1. The van der Waals surface area contributed by atoms with Gasteiger partial charge in [0.25, 0.3) is 0 Å². The molecule has 0 bridgehead atoms. The summed E-state index contributed by atoms with van der Waals surface area (Å²) in [4.78, 5) is 14.3. The first-order valence-corrected chi connectivity index (χ1v) is 8.82. The number of amides is 1. The Morgan fingerprint density at radius 2 is 2.26 bits per heavy atom. The van der Waals surface area contributed by atoms with E-state index in [1.165, 1.54) is 18.4 Å². The third-order valence-electron chi connectivity index (χ3n) is 5.28. The van der Waals surface area contributed by atoms with E-state index in [4.69, 9.17) is 10.2 Å². The average Bonchev–Trinajstić information content (AvgIpc) is 3.18. The summed E-state index contributed by atoms with van der Waals surface area (Å²) in [6.45, 7) is 7.97. The highest BCUT2D eigenvalue weighted by Gasteiger charge is 2.45. The molecule has 2 fully saturated rings. The van der Waals surface area contributed by atoms with Crippen molar-refractivity contribution in [2.75, 3.05) is 19.6 Å². The van der Waals surface area contributed by atoms with E-state index in [0.29, 0.717) is 5.92 Å². The summed E-state index contributed by atoms with van der Waals surface area (Å²) in [7, 11) is 0. The molecule has 128 valence electrons. The van der Waals surface area contributed by atoms with E-state index in [0.717, 1.165) is 57.0 Å². The molecule has 1 aliphatic heterocycles. The number of piperidine rings is 1. The number of nitrogens with one attached hydrogen (secondary N) is 1. The van der Waals surface area contributed by atoms with Crippen molar-refractivity contribution in [1.29, 1.82) is 0 Å². The van der Waals surface area contributed by atoms with Gasteiger partial charge in [-0.05, 0) is 70.0 Å². The minimum absolute atomic E-state index is 0.0340. The first-order valence-electron chi connectivity index (χ1n) is 8.82. The van der Waals surface area contributed by atoms with Gasteiger partial charge < -0.3 is 15.5 Å². The number of aryl methyl sites for hydroxylation is 2. The molecule has 1 amide bonds. The van der Waals surface area contributed by atoms with Crippen LogP contribution in [0.25, 0.3) is 0 Å². The summed E-state index contributed by atoms with van der Waals surface area (Å²) >= 11 is 0. The summed E-state index contributed by atoms with van der Waals surface area (Å²) in [5.41, 5.74) is 6.58. The minimum atomic E-state index is -0.548. The van der Waals surface area contributed by atoms with Crippen molar-refractivity contribution in [2.24, 2.45) is 11.7 Å². The van der Waals surface area contributed by atoms with Gasteiger partial charge in [0.2, 0.25) is 5.91 Å². The van der Waals surface area contributed by atoms with Crippen LogP contribution in [0.1, 0.15) is 49.2 Å². The number of likely N-dealkylation sites (tertiary alicyclic amines) is 1. The van der Waals surface area contributed by atoms with Crippen molar-refractivity contribution < 1.29 is 9.21 Å². The van der Waals surface area contributed by atoms with Gasteiger partial charge in [0.05, 0.1) is 12.1 Å². The molecule has 3 N–H and O–H groups in total. The molecule has 5 nitrogen and oxygen atoms in total. The van der Waals surface area contributed by atoms with Crippen molar-refractivity contribution in [3.63, 3.8) is 0 Å². The predicted molar refractivity (Wildman–Crippen MR) is 90.0 cm³/mol. The lowest BCUT2D eigenvalue weighted by atomic mass is 9.94. The van der Waals surface area contributed by atoms with Crippen molar-refractivity contribution in [3.8, 4) is 0 Å². The number of hydrogen-bond donors (Lipinski definition) is 2. The van der Waals surface area contributed by atoms with Crippen LogP contribution < -0.4 is 11.1 Å². The van der Waals surface area contributed by atoms with Gasteiger partial charge in [-0.25, -0.2) is 0 Å². The molecule has 0 unspecified atom stereocenters. The van der Waals surface area contributed by atoms with Gasteiger partial charge in [-0.1, -0.05) is 0 Å². The maximum absolute atomic E-state index is 11.8. The lowest BCUT2D eigenvalue weighted by Gasteiger charge is -2.32. The molecule has 0 aromatic carbocycles. The Hall–Kier alpha value is -1.33. The quantitative estimate of drug-likeness (QED) is 0.842. The van der Waals surface area contributed by atoms with Gasteiger partial charge in [-0.3, -0.25) is 9.69 Å². The Labute approximate surface area is 138 Å². The normalized spacial score (nSPS) is 23.7. The topological polar surface area (TPSA) is 71.5 Å². The molecule has 1 aromatic heterocycles. The van der Waals surface area contributed by atoms with E-state index in [-0.39, 0.29) is 5.91 Å². The third kappa shape index (κ3) is 4.15. The Morgan fingerprint density at radius 3 is 2.91 bits per heavy atom. The fourth-order valence-electron chi connectivity index (χ4n) is 3.41. The first kappa shape index (κ1) is 16.5. The third-order valence-corrected chi connectivity index (χ3v) is 5.28. The largest absolute Gasteiger partial charge is 0.465 e. The van der Waals surface area contributed by atoms with Crippen LogP contribution in [-0.4, -0.2) is 36.0 Å². The van der Waals surface area contributed by atoms with E-state index in [2.05, 4.69) is 23.2 Å². The molecule has 1 atom stereocenters. The van der Waals surface area contributed by atoms with Gasteiger partial charge in [0, 0.05) is 13.1 Å². The minimum Gasteiger partial charge on any atom is -0.465 e. The lowest BCUT2D eigenvalue weighted by Crippen LogP contribution is -2.44. The Morgan fingerprint density at radius 1 is 1.48 bits per heavy atom. The zero-order chi connectivity index (χ0) is 16.4. The van der Waals surface area contributed by atoms with Crippen LogP contribution in [0.15, 0.2) is 10.5 Å². The summed E-state index contributed by atoms with van der Waals surface area (Å²) in [6.07, 6.45) is 5.17. The fraction of sp³-hybridized carbons (Fsp3) is 0.722. The zero-order valence-corrected chi connectivity index (χ0v) is 14.4. The number of nitrogens with zero attached hydrogens (tertiary/aromatic N) is 1. The molecule has 2 aliphatic rings. The highest BCUT2D eigenvalue weighted by molar-refractivity contribution is 5.88. The lowest BCUT2D eigenvalue weighted by molar-refractivity contribution is -0.123. The van der Waals surface area contributed by atoms with Gasteiger partial charge >= 0.3 is 0 Å². The molecule has 1 aliphatic carbocycles. The van der Waals surface area contributed by atoms with E-state index in [9.17, 15) is 4.79 Å². The molecular formula is C18H29N3O2. The average molecular weight is 319 g/mol. The summed E-state index contributed by atoms with van der Waals surface area (Å²) in [5, 5.41) is 3.01. The predicted octanol–water partition coefficient (Wildman–Crippen LogP) is 2.11. The number of hydrogen-bond acceptors (Lipinski definition) is 4. The van der Waals surface area contributed by atoms with Gasteiger partial charge in [0.1, 0.15) is 11.5 Å². The van der Waals surface area contributed by atoms with Crippen LogP contribution in [0, 0.1) is 19.8 Å². The van der Waals surface area contributed by atoms with Crippen LogP contribution in [0.3, 0.4) is 0 Å². The Bertz CT molecular complexity index is 543. The first-order chi connectivity index (χ1) is 11.0. The molecule has 1 aromatic rings. The fourth-order valence-corrected chi connectivity index (χ4v) is 3.41. The van der Waals surface area contributed by atoms with Crippen LogP contribution in [0.4, 0.5) is 0 Å². The Kier molecular flexibility index (Phi) is 4.78. The van der Waals surface area contributed by atoms with Crippen LogP contribution in [0.2, 0.25) is 0 Å². The molecule has 3 rings (SSSR count). The standard InChI is InChI=1S/C18H29N3O2/c1-13-10-16(23-14(13)2)12-21-9-3-4-15(11-21)5-8-20-17(22)18(19)6-7-18/h10,15H,3-9,11-12,19H2,1-2H3,(H,20,22)/t15-/m1/s1. The molecule has 5 heteroatoms. The number of rotatable bonds is 6. The van der Waals surface area contributed by atoms with Crippen LogP contribution in [0.5, 0.6) is 0 Å². The number of nitrogens with two attached hydrogens (primary N) is 1. The summed E-state index contributed by atoms with van der Waals surface area (Å²) in [6, 6.07) is 2.15. The molecule has 2 heterocycles. The second-order valence-electron chi connectivity index (χ2n) is 7.40. The molecule has 0 radical (unpaired) electrons. The highest BCUT2D eigenvalue weighted by atomic mass is 16.3. The monoisotopic (exact) mass is 319 g/mol. The maximum Gasteiger partial charge on any atom is 0.240 e. The Balaban J connectivity index is 1.42. The van der Waals surface area contributed by atoms with Crippen molar-refractivity contribution in [3.05, 3.63) is 23.2 Å². The second-order valence-corrected chi connectivity index (χ2v) is 7.40. The van der Waals surface area contributed by atoms with Crippen molar-refractivity contribution >= 4 is 5.91 Å². The summed E-state index contributed by atoms with van der Waals surface area (Å²) < 4.78 is 5.80. The van der Waals surface area contributed by atoms with E-state index in [1.807, 2.05) is 6.92 Å². The number of carbonyl (C=O) groups excluding carboxylic acids is 1. The highest BCUT2D eigenvalue weighted by Crippen LogP contribution is 2.32. The maximum atomic E-state index is 11.8. The molecule has 1 saturated heterocycles.